The first-order valence-corrected chi connectivity index (χ1v) is 17.5. The van der Waals surface area contributed by atoms with Gasteiger partial charge in [-0.1, -0.05) is 36.7 Å². The van der Waals surface area contributed by atoms with Crippen molar-refractivity contribution in [2.45, 2.75) is 35.9 Å². The Labute approximate surface area is 221 Å². The molecule has 172 valence electrons. The Morgan fingerprint density at radius 2 is 1.23 bits per heavy atom. The van der Waals surface area contributed by atoms with Crippen LogP contribution in [0, 0.1) is 0 Å². The van der Waals surface area contributed by atoms with Crippen LogP contribution in [0.5, 0.6) is 0 Å². The van der Waals surface area contributed by atoms with E-state index in [9.17, 15) is 9.59 Å². The maximum Gasteiger partial charge on any atom is 0.211 e. The summed E-state index contributed by atoms with van der Waals surface area (Å²) in [5.41, 5.74) is 0. The van der Waals surface area contributed by atoms with Crippen LogP contribution in [-0.2, 0) is 9.59 Å². The van der Waals surface area contributed by atoms with Gasteiger partial charge in [0.2, 0.25) is 10.2 Å². The number of thioether (sulfide) groups is 8. The largest absolute Gasteiger partial charge is 0.282 e. The summed E-state index contributed by atoms with van der Waals surface area (Å²) in [4.78, 5) is 28.3. The summed E-state index contributed by atoms with van der Waals surface area (Å²) in [6.07, 6.45) is 5.18. The minimum Gasteiger partial charge on any atom is -0.282 e. The van der Waals surface area contributed by atoms with E-state index in [-0.39, 0.29) is 10.2 Å². The minimum absolute atomic E-state index is 0.0557. The number of hydrogen-bond acceptors (Lipinski definition) is 10. The molecule has 2 aliphatic heterocycles. The molecule has 10 heteroatoms. The molecule has 0 radical (unpaired) electrons. The molecule has 0 N–H and O–H groups in total. The van der Waals surface area contributed by atoms with E-state index in [1.807, 2.05) is 70.6 Å². The third kappa shape index (κ3) is 10.9. The van der Waals surface area contributed by atoms with E-state index in [1.165, 1.54) is 79.6 Å². The molecule has 0 aliphatic carbocycles. The van der Waals surface area contributed by atoms with Gasteiger partial charge >= 0.3 is 0 Å². The predicted octanol–water partition coefficient (Wildman–Crippen LogP) is 8.16. The summed E-state index contributed by atoms with van der Waals surface area (Å²) in [5, 5.41) is 1.26. The molecule has 0 aromatic rings. The zero-order valence-electron chi connectivity index (χ0n) is 17.8. The average Bonchev–Trinajstić information content (AvgIpc) is 3.30. The quantitative estimate of drug-likeness (QED) is 0.116. The average molecular weight is 569 g/mol. The molecule has 2 atom stereocenters. The lowest BCUT2D eigenvalue weighted by atomic mass is 10.6. The molecule has 0 saturated heterocycles. The SMILES string of the molecule is C=CC(=O)SCC1=C(C)SC(CCSCSCCC2SC(C)=C(CSC(=O)C=C)S2)S1. The van der Waals surface area contributed by atoms with Gasteiger partial charge in [0.05, 0.1) is 9.16 Å². The van der Waals surface area contributed by atoms with E-state index >= 15 is 0 Å². The van der Waals surface area contributed by atoms with Crippen LogP contribution in [0.15, 0.2) is 44.9 Å². The van der Waals surface area contributed by atoms with Crippen LogP contribution in [0.25, 0.3) is 0 Å². The van der Waals surface area contributed by atoms with Gasteiger partial charge in [-0.2, -0.15) is 23.5 Å². The second-order valence-electron chi connectivity index (χ2n) is 6.42. The first-order chi connectivity index (χ1) is 14.9. The zero-order valence-corrected chi connectivity index (χ0v) is 24.3. The maximum absolute atomic E-state index is 11.4. The summed E-state index contributed by atoms with van der Waals surface area (Å²) in [5.74, 6) is 3.93. The van der Waals surface area contributed by atoms with Gasteiger partial charge in [-0.15, -0.1) is 47.0 Å². The molecule has 0 bridgehead atoms. The van der Waals surface area contributed by atoms with Crippen LogP contribution in [-0.4, -0.2) is 47.5 Å². The van der Waals surface area contributed by atoms with Gasteiger partial charge < -0.3 is 0 Å². The number of hydrogen-bond donors (Lipinski definition) is 0. The highest BCUT2D eigenvalue weighted by atomic mass is 32.2. The van der Waals surface area contributed by atoms with Crippen LogP contribution in [0.3, 0.4) is 0 Å². The van der Waals surface area contributed by atoms with Crippen LogP contribution in [0.4, 0.5) is 0 Å². The van der Waals surface area contributed by atoms with Crippen molar-refractivity contribution in [1.82, 2.24) is 0 Å². The van der Waals surface area contributed by atoms with Gasteiger partial charge in [0.15, 0.2) is 0 Å². The summed E-state index contributed by atoms with van der Waals surface area (Å²) in [6.45, 7) is 11.4. The number of rotatable bonds is 14. The van der Waals surface area contributed by atoms with Crippen molar-refractivity contribution >= 4 is 104 Å². The molecule has 0 saturated carbocycles. The Morgan fingerprint density at radius 3 is 1.61 bits per heavy atom. The fraction of sp³-hybridized carbons (Fsp3) is 0.524. The van der Waals surface area contributed by atoms with Crippen LogP contribution in [0.2, 0.25) is 0 Å². The van der Waals surface area contributed by atoms with E-state index in [2.05, 4.69) is 27.0 Å². The summed E-state index contributed by atoms with van der Waals surface area (Å²) < 4.78 is 1.19. The lowest BCUT2D eigenvalue weighted by Gasteiger charge is -2.10. The number of carbonyl (C=O) groups excluding carboxylic acids is 2. The highest BCUT2D eigenvalue weighted by Crippen LogP contribution is 2.49. The lowest BCUT2D eigenvalue weighted by Crippen LogP contribution is -1.97. The Bertz CT molecular complexity index is 671. The Morgan fingerprint density at radius 1 is 0.806 bits per heavy atom. The standard InChI is InChI=1S/C21H28O2S8/c1-5-18(22)26-11-16-14(3)28-20(30-16)7-9-24-13-25-10-8-21-29-15(4)17(31-21)12-27-19(23)6-2/h5-6,20-21H,1-2,7-13H2,3-4H3. The van der Waals surface area contributed by atoms with Crippen molar-refractivity contribution in [3.8, 4) is 0 Å². The van der Waals surface area contributed by atoms with Crippen molar-refractivity contribution < 1.29 is 9.59 Å². The summed E-state index contributed by atoms with van der Waals surface area (Å²) >= 11 is 14.6. The van der Waals surface area contributed by atoms with Crippen LogP contribution in [0.1, 0.15) is 26.7 Å². The predicted molar refractivity (Wildman–Crippen MR) is 158 cm³/mol. The van der Waals surface area contributed by atoms with E-state index in [0.29, 0.717) is 9.16 Å². The molecular weight excluding hydrogens is 541 g/mol. The maximum atomic E-state index is 11.4. The molecule has 2 nitrogen and oxygen atoms in total. The normalized spacial score (nSPS) is 21.1. The van der Waals surface area contributed by atoms with Crippen LogP contribution >= 0.6 is 94.1 Å². The van der Waals surface area contributed by atoms with Gasteiger partial charge in [0.1, 0.15) is 0 Å². The van der Waals surface area contributed by atoms with Crippen molar-refractivity contribution in [1.29, 1.82) is 0 Å². The third-order valence-electron chi connectivity index (χ3n) is 4.14. The molecule has 2 aliphatic rings. The topological polar surface area (TPSA) is 34.1 Å². The first-order valence-electron chi connectivity index (χ1n) is 9.73. The molecular formula is C21H28O2S8. The molecule has 2 heterocycles. The molecule has 2 rings (SSSR count). The van der Waals surface area contributed by atoms with Gasteiger partial charge in [-0.05, 0) is 60.2 Å². The second kappa shape index (κ2) is 15.9. The van der Waals surface area contributed by atoms with Crippen LogP contribution < -0.4 is 0 Å². The third-order valence-corrected chi connectivity index (χ3v) is 14.7. The molecule has 0 spiro atoms. The lowest BCUT2D eigenvalue weighted by molar-refractivity contribution is -0.107. The molecule has 0 aromatic heterocycles. The fourth-order valence-corrected chi connectivity index (χ4v) is 13.2. The minimum atomic E-state index is 0.0557. The number of carbonyl (C=O) groups is 2. The van der Waals surface area contributed by atoms with Gasteiger partial charge in [-0.25, -0.2) is 0 Å². The van der Waals surface area contributed by atoms with Gasteiger partial charge in [0, 0.05) is 26.4 Å². The van der Waals surface area contributed by atoms with Gasteiger partial charge in [-0.3, -0.25) is 9.59 Å². The van der Waals surface area contributed by atoms with E-state index in [0.717, 1.165) is 16.6 Å². The smallest absolute Gasteiger partial charge is 0.211 e. The Kier molecular flexibility index (Phi) is 14.5. The molecule has 0 fully saturated rings. The van der Waals surface area contributed by atoms with E-state index in [1.54, 1.807) is 0 Å². The summed E-state index contributed by atoms with van der Waals surface area (Å²) in [7, 11) is 0. The zero-order chi connectivity index (χ0) is 22.6. The Hall–Kier alpha value is 1.10. The van der Waals surface area contributed by atoms with E-state index < -0.39 is 0 Å². The monoisotopic (exact) mass is 568 g/mol. The molecule has 0 aromatic carbocycles. The first kappa shape index (κ1) is 28.3. The van der Waals surface area contributed by atoms with Crippen molar-refractivity contribution in [2.75, 3.05) is 28.1 Å². The molecule has 0 amide bonds. The molecule has 31 heavy (non-hydrogen) atoms. The Balaban J connectivity index is 1.49. The highest BCUT2D eigenvalue weighted by Gasteiger charge is 2.24. The number of allylic oxidation sites excluding steroid dienone is 2. The fourth-order valence-electron chi connectivity index (χ4n) is 2.49. The van der Waals surface area contributed by atoms with Crippen molar-refractivity contribution in [2.24, 2.45) is 0 Å². The van der Waals surface area contributed by atoms with Gasteiger partial charge in [0.25, 0.3) is 0 Å². The van der Waals surface area contributed by atoms with Crippen molar-refractivity contribution in [3.63, 3.8) is 0 Å². The second-order valence-corrected chi connectivity index (χ2v) is 17.0. The van der Waals surface area contributed by atoms with E-state index in [4.69, 9.17) is 0 Å². The molecule has 2 unspecified atom stereocenters. The summed E-state index contributed by atoms with van der Waals surface area (Å²) in [6, 6.07) is 0. The van der Waals surface area contributed by atoms with Crippen molar-refractivity contribution in [3.05, 3.63) is 44.9 Å². The highest BCUT2D eigenvalue weighted by molar-refractivity contribution is 8.25.